The van der Waals surface area contributed by atoms with E-state index >= 15 is 0 Å². The van der Waals surface area contributed by atoms with Crippen LogP contribution in [0.5, 0.6) is 0 Å². The van der Waals surface area contributed by atoms with Crippen molar-refractivity contribution in [1.29, 1.82) is 0 Å². The molecule has 4 nitrogen and oxygen atoms in total. The normalized spacial score (nSPS) is 15.4. The van der Waals surface area contributed by atoms with Crippen LogP contribution >= 0.6 is 0 Å². The van der Waals surface area contributed by atoms with Crippen molar-refractivity contribution < 1.29 is 18.7 Å². The number of aryl methyl sites for hydroxylation is 1. The van der Waals surface area contributed by atoms with Gasteiger partial charge in [-0.2, -0.15) is 0 Å². The first kappa shape index (κ1) is 18.3. The number of hydrogen-bond acceptors (Lipinski definition) is 2. The van der Waals surface area contributed by atoms with E-state index in [0.717, 1.165) is 0 Å². The van der Waals surface area contributed by atoms with Crippen LogP contribution in [0.4, 0.5) is 8.78 Å². The van der Waals surface area contributed by atoms with E-state index in [2.05, 4.69) is 0 Å². The van der Waals surface area contributed by atoms with E-state index in [-0.39, 0.29) is 24.0 Å². The van der Waals surface area contributed by atoms with E-state index in [4.69, 9.17) is 0 Å². The minimum atomic E-state index is -2.91. The van der Waals surface area contributed by atoms with Gasteiger partial charge in [-0.1, -0.05) is 30.3 Å². The predicted octanol–water partition coefficient (Wildman–Crippen LogP) is 4.26. The largest absolute Gasteiger partial charge is 0.481 e. The van der Waals surface area contributed by atoms with Crippen molar-refractivity contribution in [3.63, 3.8) is 0 Å². The first-order valence-corrected chi connectivity index (χ1v) is 9.13. The highest BCUT2D eigenvalue weighted by Crippen LogP contribution is 2.42. The van der Waals surface area contributed by atoms with E-state index < -0.39 is 11.9 Å². The quantitative estimate of drug-likeness (QED) is 0.735. The van der Waals surface area contributed by atoms with Crippen molar-refractivity contribution in [3.8, 4) is 11.1 Å². The van der Waals surface area contributed by atoms with Crippen LogP contribution in [0.25, 0.3) is 21.9 Å². The molecule has 1 aromatic heterocycles. The molecule has 0 amide bonds. The van der Waals surface area contributed by atoms with Gasteiger partial charge in [-0.3, -0.25) is 9.59 Å². The molecule has 2 aromatic carbocycles. The second kappa shape index (κ2) is 6.55. The maximum atomic E-state index is 14.5. The van der Waals surface area contributed by atoms with Gasteiger partial charge in [-0.15, -0.1) is 0 Å². The lowest BCUT2D eigenvalue weighted by atomic mass is 9.85. The molecule has 0 aliphatic heterocycles. The zero-order chi connectivity index (χ0) is 20.1. The molecule has 0 unspecified atom stereocenters. The maximum absolute atomic E-state index is 14.5. The van der Waals surface area contributed by atoms with Crippen LogP contribution in [0.2, 0.25) is 0 Å². The number of benzene rings is 2. The van der Waals surface area contributed by atoms with Crippen molar-refractivity contribution >= 4 is 16.7 Å². The molecule has 1 aliphatic carbocycles. The van der Waals surface area contributed by atoms with Crippen LogP contribution in [0, 0.1) is 0 Å². The smallest absolute Gasteiger partial charge is 0.309 e. The van der Waals surface area contributed by atoms with Crippen molar-refractivity contribution in [2.24, 2.45) is 7.05 Å². The molecule has 0 saturated carbocycles. The zero-order valence-corrected chi connectivity index (χ0v) is 15.3. The van der Waals surface area contributed by atoms with E-state index in [0.29, 0.717) is 46.0 Å². The minimum Gasteiger partial charge on any atom is -0.481 e. The van der Waals surface area contributed by atoms with Crippen LogP contribution in [0.1, 0.15) is 29.7 Å². The maximum Gasteiger partial charge on any atom is 0.309 e. The molecule has 0 fully saturated rings. The van der Waals surface area contributed by atoms with Crippen LogP contribution in [0.15, 0.2) is 47.3 Å². The van der Waals surface area contributed by atoms with E-state index in [1.54, 1.807) is 36.4 Å². The van der Waals surface area contributed by atoms with Crippen LogP contribution < -0.4 is 5.56 Å². The van der Waals surface area contributed by atoms with Crippen LogP contribution in [-0.4, -0.2) is 15.6 Å². The Kier molecular flexibility index (Phi) is 4.29. The summed E-state index contributed by atoms with van der Waals surface area (Å²) in [4.78, 5) is 24.2. The summed E-state index contributed by atoms with van der Waals surface area (Å²) in [7, 11) is 1.52. The van der Waals surface area contributed by atoms with Gasteiger partial charge in [0.1, 0.15) is 0 Å². The lowest BCUT2D eigenvalue weighted by Crippen LogP contribution is -2.24. The Morgan fingerprint density at radius 2 is 1.89 bits per heavy atom. The summed E-state index contributed by atoms with van der Waals surface area (Å²) in [6.07, 6.45) is 0.465. The Hall–Kier alpha value is -3.02. The number of aromatic nitrogens is 1. The minimum absolute atomic E-state index is 0.00420. The number of carbonyl (C=O) groups is 1. The third-order valence-electron chi connectivity index (χ3n) is 5.47. The number of carboxylic acid groups (broad SMARTS) is 1. The number of fused-ring (bicyclic) bond motifs is 2. The molecule has 1 heterocycles. The SMILES string of the molecule is Cn1c(CC(=O)O)c(-c2ccc3c(c2)C(F)(F)CCC3)c2ccccc2c1=O. The molecular formula is C22H19F2NO3. The molecule has 0 spiro atoms. The molecule has 0 bridgehead atoms. The Morgan fingerprint density at radius 1 is 1.18 bits per heavy atom. The monoisotopic (exact) mass is 383 g/mol. The lowest BCUT2D eigenvalue weighted by molar-refractivity contribution is -0.136. The average molecular weight is 383 g/mol. The van der Waals surface area contributed by atoms with Gasteiger partial charge in [0.05, 0.1) is 6.42 Å². The second-order valence-electron chi connectivity index (χ2n) is 7.23. The number of carboxylic acids is 1. The molecule has 144 valence electrons. The van der Waals surface area contributed by atoms with E-state index in [1.165, 1.54) is 17.7 Å². The number of rotatable bonds is 3. The van der Waals surface area contributed by atoms with E-state index in [1.807, 2.05) is 0 Å². The molecule has 3 aromatic rings. The Balaban J connectivity index is 2.07. The number of alkyl halides is 2. The number of nitrogens with zero attached hydrogens (tertiary/aromatic N) is 1. The summed E-state index contributed by atoms with van der Waals surface area (Å²) in [5.74, 6) is -4.00. The summed E-state index contributed by atoms with van der Waals surface area (Å²) < 4.78 is 30.3. The number of pyridine rings is 1. The molecular weight excluding hydrogens is 364 g/mol. The van der Waals surface area contributed by atoms with Gasteiger partial charge in [0, 0.05) is 35.7 Å². The summed E-state index contributed by atoms with van der Waals surface area (Å²) in [5, 5.41) is 10.4. The fraction of sp³-hybridized carbons (Fsp3) is 0.273. The molecule has 4 rings (SSSR count). The summed E-state index contributed by atoms with van der Waals surface area (Å²) in [6, 6.07) is 11.8. The molecule has 1 N–H and O–H groups in total. The molecule has 28 heavy (non-hydrogen) atoms. The van der Waals surface area contributed by atoms with Crippen molar-refractivity contribution in [2.75, 3.05) is 0 Å². The lowest BCUT2D eigenvalue weighted by Gasteiger charge is -2.26. The van der Waals surface area contributed by atoms with Crippen molar-refractivity contribution in [1.82, 2.24) is 4.57 Å². The third kappa shape index (κ3) is 2.89. The molecule has 1 aliphatic rings. The highest BCUT2D eigenvalue weighted by atomic mass is 19.3. The van der Waals surface area contributed by atoms with Gasteiger partial charge in [0.15, 0.2) is 0 Å². The van der Waals surface area contributed by atoms with Gasteiger partial charge in [-0.05, 0) is 41.5 Å². The first-order valence-electron chi connectivity index (χ1n) is 9.13. The summed E-state index contributed by atoms with van der Waals surface area (Å²) >= 11 is 0. The second-order valence-corrected chi connectivity index (χ2v) is 7.23. The summed E-state index contributed by atoms with van der Waals surface area (Å²) in [5.41, 5.74) is 1.63. The van der Waals surface area contributed by atoms with Crippen LogP contribution in [0.3, 0.4) is 0 Å². The number of hydrogen-bond donors (Lipinski definition) is 1. The number of aliphatic carboxylic acids is 1. The average Bonchev–Trinajstić information content (AvgIpc) is 2.66. The summed E-state index contributed by atoms with van der Waals surface area (Å²) in [6.45, 7) is 0. The topological polar surface area (TPSA) is 59.3 Å². The molecule has 0 atom stereocenters. The Morgan fingerprint density at radius 3 is 2.61 bits per heavy atom. The van der Waals surface area contributed by atoms with Gasteiger partial charge in [0.25, 0.3) is 11.5 Å². The standard InChI is InChI=1S/C22H19F2NO3/c1-25-18(12-19(26)27)20(15-6-2-3-7-16(15)21(25)28)14-9-8-13-5-4-10-22(23,24)17(13)11-14/h2-3,6-9,11H,4-5,10,12H2,1H3,(H,26,27). The third-order valence-corrected chi connectivity index (χ3v) is 5.47. The van der Waals surface area contributed by atoms with Gasteiger partial charge in [-0.25, -0.2) is 8.78 Å². The fourth-order valence-corrected chi connectivity index (χ4v) is 4.11. The van der Waals surface area contributed by atoms with Gasteiger partial charge >= 0.3 is 5.97 Å². The first-order chi connectivity index (χ1) is 13.3. The van der Waals surface area contributed by atoms with Crippen molar-refractivity contribution in [3.05, 3.63) is 69.6 Å². The Labute approximate surface area is 160 Å². The number of halogens is 2. The van der Waals surface area contributed by atoms with Crippen LogP contribution in [-0.2, 0) is 30.6 Å². The fourth-order valence-electron chi connectivity index (χ4n) is 4.11. The van der Waals surface area contributed by atoms with Gasteiger partial charge in [0.2, 0.25) is 0 Å². The zero-order valence-electron chi connectivity index (χ0n) is 15.3. The molecule has 0 radical (unpaired) electrons. The highest BCUT2D eigenvalue weighted by Gasteiger charge is 2.36. The predicted molar refractivity (Wildman–Crippen MR) is 103 cm³/mol. The van der Waals surface area contributed by atoms with Crippen molar-refractivity contribution in [2.45, 2.75) is 31.6 Å². The highest BCUT2D eigenvalue weighted by molar-refractivity contribution is 5.98. The van der Waals surface area contributed by atoms with Gasteiger partial charge < -0.3 is 9.67 Å². The Bertz CT molecular complexity index is 1160. The molecule has 6 heteroatoms. The molecule has 0 saturated heterocycles. The van der Waals surface area contributed by atoms with E-state index in [9.17, 15) is 23.5 Å².